The summed E-state index contributed by atoms with van der Waals surface area (Å²) in [5.74, 6) is 0.690. The third-order valence-corrected chi connectivity index (χ3v) is 7.12. The van der Waals surface area contributed by atoms with Crippen LogP contribution in [0.3, 0.4) is 0 Å². The molecular formula is C26H38N4O4. The first-order valence-corrected chi connectivity index (χ1v) is 12.2. The molecule has 2 fully saturated rings. The number of guanidine groups is 1. The summed E-state index contributed by atoms with van der Waals surface area (Å²) in [6.45, 7) is 10.4. The second-order valence-electron chi connectivity index (χ2n) is 11.3. The molecule has 3 aliphatic rings. The van der Waals surface area contributed by atoms with Gasteiger partial charge in [0.05, 0.1) is 6.04 Å². The third kappa shape index (κ3) is 5.06. The Morgan fingerprint density at radius 2 is 2.09 bits per heavy atom. The average Bonchev–Trinajstić information content (AvgIpc) is 3.50. The third-order valence-electron chi connectivity index (χ3n) is 7.12. The van der Waals surface area contributed by atoms with Crippen LogP contribution in [0.25, 0.3) is 0 Å². The van der Waals surface area contributed by atoms with E-state index >= 15 is 0 Å². The van der Waals surface area contributed by atoms with Crippen LogP contribution in [0.5, 0.6) is 5.75 Å². The van der Waals surface area contributed by atoms with Crippen molar-refractivity contribution in [3.05, 3.63) is 29.3 Å². The maximum Gasteiger partial charge on any atom is 0.231 e. The summed E-state index contributed by atoms with van der Waals surface area (Å²) in [7, 11) is 1.63. The maximum absolute atomic E-state index is 13.4. The van der Waals surface area contributed by atoms with Gasteiger partial charge in [-0.3, -0.25) is 19.9 Å². The van der Waals surface area contributed by atoms with E-state index in [0.717, 1.165) is 16.9 Å². The summed E-state index contributed by atoms with van der Waals surface area (Å²) in [4.78, 5) is 27.9. The van der Waals surface area contributed by atoms with Crippen molar-refractivity contribution in [2.24, 2.45) is 11.8 Å². The van der Waals surface area contributed by atoms with Crippen molar-refractivity contribution >= 4 is 17.8 Å². The summed E-state index contributed by atoms with van der Waals surface area (Å²) >= 11 is 0. The van der Waals surface area contributed by atoms with Gasteiger partial charge in [-0.15, -0.1) is 0 Å². The van der Waals surface area contributed by atoms with Crippen molar-refractivity contribution in [3.8, 4) is 5.75 Å². The number of carbonyl (C=O) groups excluding carboxylic acids is 2. The minimum Gasteiger partial charge on any atom is -0.487 e. The van der Waals surface area contributed by atoms with Crippen LogP contribution in [0.4, 0.5) is 0 Å². The van der Waals surface area contributed by atoms with E-state index in [1.165, 1.54) is 0 Å². The van der Waals surface area contributed by atoms with E-state index in [9.17, 15) is 9.59 Å². The van der Waals surface area contributed by atoms with E-state index in [-0.39, 0.29) is 47.3 Å². The number of hydrogen-bond donors (Lipinski definition) is 3. The number of amides is 2. The Morgan fingerprint density at radius 1 is 1.35 bits per heavy atom. The number of nitrogens with one attached hydrogen (secondary N) is 3. The highest BCUT2D eigenvalue weighted by Crippen LogP contribution is 2.46. The van der Waals surface area contributed by atoms with Gasteiger partial charge < -0.3 is 20.1 Å². The second kappa shape index (κ2) is 8.87. The highest BCUT2D eigenvalue weighted by Gasteiger charge is 2.53. The highest BCUT2D eigenvalue weighted by molar-refractivity contribution is 5.99. The predicted octanol–water partition coefficient (Wildman–Crippen LogP) is 3.29. The van der Waals surface area contributed by atoms with Crippen molar-refractivity contribution in [2.75, 3.05) is 13.7 Å². The molecule has 0 radical (unpaired) electrons. The normalized spacial score (nSPS) is 27.8. The van der Waals surface area contributed by atoms with E-state index < -0.39 is 5.54 Å². The molecule has 4 atom stereocenters. The number of nitrogens with zero attached hydrogens (tertiary/aromatic N) is 1. The average molecular weight is 471 g/mol. The molecule has 34 heavy (non-hydrogen) atoms. The first kappa shape index (κ1) is 24.5. The zero-order valence-electron chi connectivity index (χ0n) is 21.2. The Balaban J connectivity index is 1.49. The van der Waals surface area contributed by atoms with Crippen molar-refractivity contribution in [2.45, 2.75) is 83.5 Å². The molecule has 1 aliphatic carbocycles. The monoisotopic (exact) mass is 470 g/mol. The number of carbonyl (C=O) groups is 2. The number of ether oxygens (including phenoxy) is 2. The minimum absolute atomic E-state index is 0.00634. The first-order chi connectivity index (χ1) is 15.9. The Kier molecular flexibility index (Phi) is 6.40. The fourth-order valence-corrected chi connectivity index (χ4v) is 5.46. The van der Waals surface area contributed by atoms with Crippen molar-refractivity contribution < 1.29 is 19.1 Å². The van der Waals surface area contributed by atoms with Crippen LogP contribution in [0, 0.1) is 24.2 Å². The van der Waals surface area contributed by atoms with Gasteiger partial charge in [-0.1, -0.05) is 17.7 Å². The predicted molar refractivity (Wildman–Crippen MR) is 130 cm³/mol. The van der Waals surface area contributed by atoms with E-state index in [0.29, 0.717) is 32.3 Å². The fraction of sp³-hybridized carbons (Fsp3) is 0.654. The van der Waals surface area contributed by atoms with Gasteiger partial charge in [-0.25, -0.2) is 0 Å². The molecule has 0 bridgehead atoms. The number of rotatable bonds is 7. The molecule has 186 valence electrons. The first-order valence-electron chi connectivity index (χ1n) is 12.2. The molecule has 1 aromatic carbocycles. The lowest BCUT2D eigenvalue weighted by atomic mass is 9.88. The van der Waals surface area contributed by atoms with Crippen LogP contribution in [-0.4, -0.2) is 53.6 Å². The summed E-state index contributed by atoms with van der Waals surface area (Å²) in [6.07, 6.45) is 2.30. The molecule has 1 aromatic rings. The number of hydrogen-bond acceptors (Lipinski definition) is 5. The number of methoxy groups -OCH3 is 1. The van der Waals surface area contributed by atoms with Gasteiger partial charge in [-0.05, 0) is 59.4 Å². The molecule has 1 saturated carbocycles. The summed E-state index contributed by atoms with van der Waals surface area (Å²) in [5, 5.41) is 14.9. The van der Waals surface area contributed by atoms with Crippen LogP contribution in [0.2, 0.25) is 0 Å². The van der Waals surface area contributed by atoms with Gasteiger partial charge in [-0.2, -0.15) is 0 Å². The topological polar surface area (TPSA) is 104 Å². The molecule has 0 spiro atoms. The molecule has 2 heterocycles. The largest absolute Gasteiger partial charge is 0.487 e. The van der Waals surface area contributed by atoms with Crippen LogP contribution in [0.1, 0.15) is 70.5 Å². The standard InChI is InChI=1S/C26H38N4O4/c1-15-7-8-21-18(11-15)19(13-26(4,5)34-21)28-23(32)17-12-16(17)20(9-10-33-6)30-22(31)14-25(2,3)29-24(30)27/h7-8,11,16-17,19-20H,9-10,12-14H2,1-6H3,(H2,27,29)(H,28,32)/t16?,17-,19+,20-/m1/s1. The molecule has 8 nitrogen and oxygen atoms in total. The van der Waals surface area contributed by atoms with Gasteiger partial charge >= 0.3 is 0 Å². The van der Waals surface area contributed by atoms with Crippen molar-refractivity contribution in [1.82, 2.24) is 15.5 Å². The van der Waals surface area contributed by atoms with Gasteiger partial charge in [0, 0.05) is 49.6 Å². The van der Waals surface area contributed by atoms with Gasteiger partial charge in [0.1, 0.15) is 11.4 Å². The lowest BCUT2D eigenvalue weighted by Crippen LogP contribution is -2.63. The van der Waals surface area contributed by atoms with Crippen molar-refractivity contribution in [1.29, 1.82) is 5.41 Å². The number of benzene rings is 1. The Morgan fingerprint density at radius 3 is 2.76 bits per heavy atom. The van der Waals surface area contributed by atoms with E-state index in [1.54, 1.807) is 12.0 Å². The maximum atomic E-state index is 13.4. The van der Waals surface area contributed by atoms with E-state index in [1.807, 2.05) is 46.8 Å². The summed E-state index contributed by atoms with van der Waals surface area (Å²) in [6, 6.07) is 5.73. The zero-order chi connectivity index (χ0) is 24.8. The molecular weight excluding hydrogens is 432 g/mol. The summed E-state index contributed by atoms with van der Waals surface area (Å²) < 4.78 is 11.4. The van der Waals surface area contributed by atoms with Gasteiger partial charge in [0.25, 0.3) is 0 Å². The minimum atomic E-state index is -0.446. The SMILES string of the molecule is COCC[C@H](C1C[C@H]1C(=O)N[C@H]1CC(C)(C)Oc2ccc(C)cc21)N1C(=N)NC(C)(C)CC1=O. The zero-order valence-corrected chi connectivity index (χ0v) is 21.2. The fourth-order valence-electron chi connectivity index (χ4n) is 5.46. The molecule has 1 saturated heterocycles. The van der Waals surface area contributed by atoms with Crippen LogP contribution < -0.4 is 15.4 Å². The van der Waals surface area contributed by atoms with Crippen LogP contribution >= 0.6 is 0 Å². The van der Waals surface area contributed by atoms with Crippen molar-refractivity contribution in [3.63, 3.8) is 0 Å². The molecule has 8 heteroatoms. The smallest absolute Gasteiger partial charge is 0.231 e. The molecule has 2 amide bonds. The van der Waals surface area contributed by atoms with Crippen LogP contribution in [-0.2, 0) is 14.3 Å². The lowest BCUT2D eigenvalue weighted by Gasteiger charge is -2.42. The quantitative estimate of drug-likeness (QED) is 0.567. The second-order valence-corrected chi connectivity index (χ2v) is 11.3. The van der Waals surface area contributed by atoms with E-state index in [4.69, 9.17) is 14.9 Å². The number of fused-ring (bicyclic) bond motifs is 1. The summed E-state index contributed by atoms with van der Waals surface area (Å²) in [5.41, 5.74) is 1.32. The Labute approximate surface area is 202 Å². The molecule has 3 N–H and O–H groups in total. The molecule has 1 unspecified atom stereocenters. The van der Waals surface area contributed by atoms with Gasteiger partial charge in [0.15, 0.2) is 5.96 Å². The molecule has 2 aliphatic heterocycles. The number of aryl methyl sites for hydroxylation is 1. The van der Waals surface area contributed by atoms with Crippen LogP contribution in [0.15, 0.2) is 18.2 Å². The van der Waals surface area contributed by atoms with Gasteiger partial charge in [0.2, 0.25) is 11.8 Å². The molecule has 0 aromatic heterocycles. The molecule has 4 rings (SSSR count). The lowest BCUT2D eigenvalue weighted by molar-refractivity contribution is -0.133. The van der Waals surface area contributed by atoms with E-state index in [2.05, 4.69) is 16.7 Å². The Bertz CT molecular complexity index is 969. The highest BCUT2D eigenvalue weighted by atomic mass is 16.5. The Hall–Kier alpha value is -2.61.